The number of hydrogen-bond donors (Lipinski definition) is 1. The van der Waals surface area contributed by atoms with Gasteiger partial charge in [-0.05, 0) is 18.4 Å². The van der Waals surface area contributed by atoms with Gasteiger partial charge in [0, 0.05) is 25.0 Å². The minimum absolute atomic E-state index is 0.0319. The molecule has 0 spiro atoms. The van der Waals surface area contributed by atoms with Gasteiger partial charge in [-0.1, -0.05) is 36.4 Å². The zero-order chi connectivity index (χ0) is 18.5. The minimum atomic E-state index is -3.78. The second kappa shape index (κ2) is 6.07. The van der Waals surface area contributed by atoms with Crippen molar-refractivity contribution in [3.8, 4) is 0 Å². The molecule has 26 heavy (non-hydrogen) atoms. The topological polar surface area (TPSA) is 86.8 Å². The van der Waals surface area contributed by atoms with Gasteiger partial charge in [0.15, 0.2) is 0 Å². The number of carbonyl (C=O) groups excluding carboxylic acids is 2. The van der Waals surface area contributed by atoms with Gasteiger partial charge in [-0.15, -0.1) is 0 Å². The molecule has 2 heterocycles. The summed E-state index contributed by atoms with van der Waals surface area (Å²) in [6, 6.07) is 11.1. The molecule has 2 aromatic rings. The third-order valence-electron chi connectivity index (χ3n) is 5.03. The fraction of sp³-hybridized carbons (Fsp3) is 0.333. The second-order valence-corrected chi connectivity index (χ2v) is 8.52. The van der Waals surface area contributed by atoms with Crippen LogP contribution in [0.3, 0.4) is 0 Å². The molecular formula is C18H19N3O4S. The van der Waals surface area contributed by atoms with Crippen LogP contribution in [0.5, 0.6) is 0 Å². The van der Waals surface area contributed by atoms with Crippen LogP contribution in [-0.4, -0.2) is 61.2 Å². The normalized spacial score (nSPS) is 24.4. The number of nitrogens with zero attached hydrogens (tertiary/aromatic N) is 2. The highest BCUT2D eigenvalue weighted by Gasteiger charge is 2.44. The molecule has 2 saturated heterocycles. The molecule has 2 aliphatic heterocycles. The Morgan fingerprint density at radius 2 is 1.77 bits per heavy atom. The smallest absolute Gasteiger partial charge is 0.245 e. The van der Waals surface area contributed by atoms with Crippen LogP contribution in [0, 0.1) is 0 Å². The number of rotatable bonds is 2. The zero-order valence-electron chi connectivity index (χ0n) is 14.3. The summed E-state index contributed by atoms with van der Waals surface area (Å²) in [6.07, 6.45) is 0. The Kier molecular flexibility index (Phi) is 3.96. The first-order valence-electron chi connectivity index (χ1n) is 8.48. The SMILES string of the molecule is C[C@@H]1NC(=O)[C@H]2CN(S(=O)(=O)c3cccc4ccccc34)CCN2C1=O. The summed E-state index contributed by atoms with van der Waals surface area (Å²) in [5.74, 6) is -0.480. The lowest BCUT2D eigenvalue weighted by molar-refractivity contribution is -0.151. The summed E-state index contributed by atoms with van der Waals surface area (Å²) in [4.78, 5) is 26.2. The first-order valence-corrected chi connectivity index (χ1v) is 9.92. The average Bonchev–Trinajstić information content (AvgIpc) is 2.65. The van der Waals surface area contributed by atoms with Gasteiger partial charge in [0.25, 0.3) is 0 Å². The fourth-order valence-corrected chi connectivity index (χ4v) is 5.30. The van der Waals surface area contributed by atoms with Crippen molar-refractivity contribution in [1.82, 2.24) is 14.5 Å². The quantitative estimate of drug-likeness (QED) is 0.833. The average molecular weight is 373 g/mol. The molecule has 0 bridgehead atoms. The lowest BCUT2D eigenvalue weighted by Gasteiger charge is -2.44. The number of nitrogens with one attached hydrogen (secondary N) is 1. The van der Waals surface area contributed by atoms with Gasteiger partial charge in [-0.25, -0.2) is 8.42 Å². The van der Waals surface area contributed by atoms with E-state index in [9.17, 15) is 18.0 Å². The van der Waals surface area contributed by atoms with Crippen molar-refractivity contribution >= 4 is 32.6 Å². The Labute approximate surface area is 151 Å². The molecule has 4 rings (SSSR count). The molecule has 0 unspecified atom stereocenters. The van der Waals surface area contributed by atoms with Crippen molar-refractivity contribution < 1.29 is 18.0 Å². The molecule has 2 atom stereocenters. The summed E-state index contributed by atoms with van der Waals surface area (Å²) in [6.45, 7) is 1.99. The summed E-state index contributed by atoms with van der Waals surface area (Å²) >= 11 is 0. The maximum atomic E-state index is 13.2. The van der Waals surface area contributed by atoms with Gasteiger partial charge in [0.2, 0.25) is 21.8 Å². The van der Waals surface area contributed by atoms with E-state index in [1.807, 2.05) is 18.2 Å². The van der Waals surface area contributed by atoms with Crippen LogP contribution in [0.4, 0.5) is 0 Å². The van der Waals surface area contributed by atoms with Crippen LogP contribution in [0.25, 0.3) is 10.8 Å². The standard InChI is InChI=1S/C18H19N3O4S/c1-12-18(23)21-10-9-20(11-15(21)17(22)19-12)26(24,25)16-8-4-6-13-5-2-3-7-14(13)16/h2-8,12,15H,9-11H2,1H3,(H,19,22)/t12-,15+/m0/s1. The molecule has 0 radical (unpaired) electrons. The van der Waals surface area contributed by atoms with E-state index in [4.69, 9.17) is 0 Å². The fourth-order valence-electron chi connectivity index (χ4n) is 3.64. The van der Waals surface area contributed by atoms with Crippen LogP contribution in [-0.2, 0) is 19.6 Å². The zero-order valence-corrected chi connectivity index (χ0v) is 15.1. The molecule has 1 N–H and O–H groups in total. The Morgan fingerprint density at radius 1 is 1.04 bits per heavy atom. The lowest BCUT2D eigenvalue weighted by atomic mass is 10.1. The van der Waals surface area contributed by atoms with Gasteiger partial charge in [0.1, 0.15) is 12.1 Å². The summed E-state index contributed by atoms with van der Waals surface area (Å²) in [5.41, 5.74) is 0. The summed E-state index contributed by atoms with van der Waals surface area (Å²) in [7, 11) is -3.78. The highest BCUT2D eigenvalue weighted by atomic mass is 32.2. The van der Waals surface area contributed by atoms with Gasteiger partial charge in [-0.3, -0.25) is 9.59 Å². The van der Waals surface area contributed by atoms with Crippen LogP contribution >= 0.6 is 0 Å². The van der Waals surface area contributed by atoms with Crippen molar-refractivity contribution in [2.24, 2.45) is 0 Å². The number of fused-ring (bicyclic) bond motifs is 2. The summed E-state index contributed by atoms with van der Waals surface area (Å²) < 4.78 is 27.7. The third-order valence-corrected chi connectivity index (χ3v) is 6.95. The van der Waals surface area contributed by atoms with Crippen LogP contribution in [0.15, 0.2) is 47.4 Å². The Balaban J connectivity index is 1.69. The minimum Gasteiger partial charge on any atom is -0.343 e. The largest absolute Gasteiger partial charge is 0.343 e. The summed E-state index contributed by atoms with van der Waals surface area (Å²) in [5, 5.41) is 4.11. The van der Waals surface area contributed by atoms with E-state index in [1.165, 1.54) is 9.21 Å². The Hall–Kier alpha value is -2.45. The number of carbonyl (C=O) groups is 2. The molecule has 8 heteroatoms. The second-order valence-electron chi connectivity index (χ2n) is 6.62. The predicted octanol–water partition coefficient (Wildman–Crippen LogP) is 0.560. The van der Waals surface area contributed by atoms with Gasteiger partial charge >= 0.3 is 0 Å². The van der Waals surface area contributed by atoms with E-state index in [1.54, 1.807) is 31.2 Å². The molecular weight excluding hydrogens is 354 g/mol. The van der Waals surface area contributed by atoms with Crippen molar-refractivity contribution in [3.05, 3.63) is 42.5 Å². The molecule has 0 aliphatic carbocycles. The number of sulfonamides is 1. The first-order chi connectivity index (χ1) is 12.4. The predicted molar refractivity (Wildman–Crippen MR) is 95.8 cm³/mol. The molecule has 136 valence electrons. The maximum absolute atomic E-state index is 13.2. The van der Waals surface area contributed by atoms with Crippen molar-refractivity contribution in [1.29, 1.82) is 0 Å². The van der Waals surface area contributed by atoms with Crippen molar-refractivity contribution in [3.63, 3.8) is 0 Å². The number of amides is 2. The van der Waals surface area contributed by atoms with E-state index in [-0.39, 0.29) is 36.3 Å². The van der Waals surface area contributed by atoms with E-state index in [0.717, 1.165) is 5.39 Å². The maximum Gasteiger partial charge on any atom is 0.245 e. The third kappa shape index (κ3) is 2.57. The van der Waals surface area contributed by atoms with E-state index in [2.05, 4.69) is 5.32 Å². The Bertz CT molecular complexity index is 999. The van der Waals surface area contributed by atoms with Crippen LogP contribution in [0.2, 0.25) is 0 Å². The Morgan fingerprint density at radius 3 is 2.58 bits per heavy atom. The molecule has 2 aromatic carbocycles. The van der Waals surface area contributed by atoms with Gasteiger partial charge in [-0.2, -0.15) is 4.31 Å². The molecule has 0 aromatic heterocycles. The lowest BCUT2D eigenvalue weighted by Crippen LogP contribution is -2.69. The van der Waals surface area contributed by atoms with Crippen molar-refractivity contribution in [2.75, 3.05) is 19.6 Å². The van der Waals surface area contributed by atoms with Crippen LogP contribution in [0.1, 0.15) is 6.92 Å². The molecule has 2 aliphatic rings. The molecule has 7 nitrogen and oxygen atoms in total. The van der Waals surface area contributed by atoms with Crippen LogP contribution < -0.4 is 5.32 Å². The first kappa shape index (κ1) is 17.0. The monoisotopic (exact) mass is 373 g/mol. The number of hydrogen-bond acceptors (Lipinski definition) is 4. The molecule has 0 saturated carbocycles. The van der Waals surface area contributed by atoms with Crippen molar-refractivity contribution in [2.45, 2.75) is 23.9 Å². The molecule has 2 amide bonds. The number of benzene rings is 2. The van der Waals surface area contributed by atoms with Gasteiger partial charge < -0.3 is 10.2 Å². The van der Waals surface area contributed by atoms with Gasteiger partial charge in [0.05, 0.1) is 4.90 Å². The highest BCUT2D eigenvalue weighted by Crippen LogP contribution is 2.28. The van der Waals surface area contributed by atoms with E-state index < -0.39 is 22.1 Å². The number of piperazine rings is 2. The van der Waals surface area contributed by atoms with E-state index >= 15 is 0 Å². The highest BCUT2D eigenvalue weighted by molar-refractivity contribution is 7.89. The molecule has 2 fully saturated rings. The van der Waals surface area contributed by atoms with E-state index in [0.29, 0.717) is 5.39 Å².